The van der Waals surface area contributed by atoms with Gasteiger partial charge < -0.3 is 19.7 Å². The van der Waals surface area contributed by atoms with Crippen LogP contribution >= 0.6 is 23.2 Å². The molecule has 9 nitrogen and oxygen atoms in total. The fraction of sp³-hybridized carbons (Fsp3) is 0.212. The number of hydrogen-bond acceptors (Lipinski definition) is 6. The maximum atomic E-state index is 14.4. The third-order valence-corrected chi connectivity index (χ3v) is 9.65. The van der Waals surface area contributed by atoms with Gasteiger partial charge in [0.2, 0.25) is 11.8 Å². The quantitative estimate of drug-likeness (QED) is 0.199. The molecule has 0 aliphatic heterocycles. The summed E-state index contributed by atoms with van der Waals surface area (Å²) in [6, 6.07) is 25.5. The maximum Gasteiger partial charge on any atom is 0.264 e. The van der Waals surface area contributed by atoms with Crippen molar-refractivity contribution in [3.63, 3.8) is 0 Å². The van der Waals surface area contributed by atoms with Crippen LogP contribution in [0.4, 0.5) is 5.69 Å². The van der Waals surface area contributed by atoms with Gasteiger partial charge in [-0.05, 0) is 42.0 Å². The normalized spacial score (nSPS) is 11.8. The number of methoxy groups -OCH3 is 2. The number of ether oxygens (including phenoxy) is 2. The Morgan fingerprint density at radius 2 is 1.42 bits per heavy atom. The van der Waals surface area contributed by atoms with E-state index < -0.39 is 34.4 Å². The Bertz CT molecular complexity index is 1720. The van der Waals surface area contributed by atoms with Crippen molar-refractivity contribution in [2.45, 2.75) is 23.9 Å². The zero-order valence-corrected chi connectivity index (χ0v) is 27.3. The van der Waals surface area contributed by atoms with Crippen molar-refractivity contribution >= 4 is 50.7 Å². The van der Waals surface area contributed by atoms with Gasteiger partial charge in [-0.15, -0.1) is 0 Å². The van der Waals surface area contributed by atoms with Crippen LogP contribution in [0.5, 0.6) is 11.5 Å². The van der Waals surface area contributed by atoms with E-state index in [1.807, 2.05) is 30.3 Å². The monoisotopic (exact) mass is 669 g/mol. The average Bonchev–Trinajstić information content (AvgIpc) is 3.06. The molecular formula is C33H33Cl2N3O6S. The zero-order valence-electron chi connectivity index (χ0n) is 24.9. The Balaban J connectivity index is 1.82. The van der Waals surface area contributed by atoms with Crippen molar-refractivity contribution in [2.24, 2.45) is 0 Å². The van der Waals surface area contributed by atoms with E-state index in [4.69, 9.17) is 32.7 Å². The van der Waals surface area contributed by atoms with Crippen molar-refractivity contribution in [2.75, 3.05) is 32.1 Å². The topological polar surface area (TPSA) is 105 Å². The van der Waals surface area contributed by atoms with Crippen LogP contribution in [-0.2, 0) is 32.6 Å². The summed E-state index contributed by atoms with van der Waals surface area (Å²) in [4.78, 5) is 29.0. The molecule has 0 aliphatic carbocycles. The number of likely N-dealkylation sites (N-methyl/N-ethyl adjacent to an activating group) is 1. The smallest absolute Gasteiger partial charge is 0.264 e. The summed E-state index contributed by atoms with van der Waals surface area (Å²) < 4.78 is 40.0. The van der Waals surface area contributed by atoms with Crippen molar-refractivity contribution < 1.29 is 27.5 Å². The molecule has 236 valence electrons. The van der Waals surface area contributed by atoms with Crippen molar-refractivity contribution in [1.29, 1.82) is 0 Å². The molecule has 0 aliphatic rings. The standard InChI is InChI=1S/C33H33Cl2N3O6S/c1-36-33(40)29(19-23-11-6-4-7-12-23)37(21-26-27(34)15-10-16-28(26)35)32(39)22-38(24-13-8-5-9-14-24)45(41,42)25-17-18-30(43-2)31(20-25)44-3/h4-18,20,29H,19,21-22H2,1-3H3,(H,36,40)/t29-/m0/s1. The van der Waals surface area contributed by atoms with E-state index >= 15 is 0 Å². The molecule has 0 spiro atoms. The molecule has 0 radical (unpaired) electrons. The second kappa shape index (κ2) is 15.2. The Kier molecular flexibility index (Phi) is 11.3. The van der Waals surface area contributed by atoms with E-state index in [-0.39, 0.29) is 29.3 Å². The van der Waals surface area contributed by atoms with E-state index in [0.717, 1.165) is 9.87 Å². The van der Waals surface area contributed by atoms with Crippen LogP contribution in [0.2, 0.25) is 10.0 Å². The number of anilines is 1. The minimum absolute atomic E-state index is 0.121. The second-order valence-electron chi connectivity index (χ2n) is 9.91. The highest BCUT2D eigenvalue weighted by molar-refractivity contribution is 7.92. The Morgan fingerprint density at radius 1 is 0.822 bits per heavy atom. The largest absolute Gasteiger partial charge is 0.493 e. The van der Waals surface area contributed by atoms with Crippen molar-refractivity contribution in [3.8, 4) is 11.5 Å². The third-order valence-electron chi connectivity index (χ3n) is 7.17. The number of benzene rings is 4. The number of nitrogens with zero attached hydrogens (tertiary/aromatic N) is 2. The number of hydrogen-bond donors (Lipinski definition) is 1. The predicted molar refractivity (Wildman–Crippen MR) is 176 cm³/mol. The number of amides is 2. The molecule has 4 aromatic carbocycles. The first-order valence-corrected chi connectivity index (χ1v) is 16.1. The van der Waals surface area contributed by atoms with E-state index in [0.29, 0.717) is 21.4 Å². The SMILES string of the molecule is CNC(=O)[C@H](Cc1ccccc1)N(Cc1c(Cl)cccc1Cl)C(=O)CN(c1ccccc1)S(=O)(=O)c1ccc(OC)c(OC)c1. The number of rotatable bonds is 13. The first-order chi connectivity index (χ1) is 21.6. The van der Waals surface area contributed by atoms with Crippen LogP contribution in [0.15, 0.2) is 102 Å². The lowest BCUT2D eigenvalue weighted by Crippen LogP contribution is -2.53. The Hall–Kier alpha value is -4.25. The fourth-order valence-electron chi connectivity index (χ4n) is 4.80. The van der Waals surface area contributed by atoms with Crippen LogP contribution in [0, 0.1) is 0 Å². The number of para-hydroxylation sites is 1. The summed E-state index contributed by atoms with van der Waals surface area (Å²) in [7, 11) is -0.0243. The van der Waals surface area contributed by atoms with Crippen LogP contribution in [0.1, 0.15) is 11.1 Å². The molecule has 1 N–H and O–H groups in total. The van der Waals surface area contributed by atoms with Gasteiger partial charge in [0.05, 0.1) is 24.8 Å². The average molecular weight is 671 g/mol. The maximum absolute atomic E-state index is 14.4. The number of carbonyl (C=O) groups is 2. The summed E-state index contributed by atoms with van der Waals surface area (Å²) in [6.45, 7) is -0.785. The summed E-state index contributed by atoms with van der Waals surface area (Å²) in [5, 5.41) is 3.24. The molecule has 4 rings (SSSR count). The highest BCUT2D eigenvalue weighted by Gasteiger charge is 2.35. The summed E-state index contributed by atoms with van der Waals surface area (Å²) in [5.74, 6) is -0.542. The van der Waals surface area contributed by atoms with Crippen LogP contribution in [0.3, 0.4) is 0 Å². The number of sulfonamides is 1. The highest BCUT2D eigenvalue weighted by atomic mass is 35.5. The van der Waals surface area contributed by atoms with Gasteiger partial charge in [0.25, 0.3) is 10.0 Å². The lowest BCUT2D eigenvalue weighted by Gasteiger charge is -2.34. The van der Waals surface area contributed by atoms with E-state index in [1.54, 1.807) is 48.5 Å². The number of carbonyl (C=O) groups excluding carboxylic acids is 2. The molecule has 0 fully saturated rings. The summed E-state index contributed by atoms with van der Waals surface area (Å²) in [6.07, 6.45) is 0.155. The Morgan fingerprint density at radius 3 is 2.00 bits per heavy atom. The zero-order chi connectivity index (χ0) is 32.6. The highest BCUT2D eigenvalue weighted by Crippen LogP contribution is 2.33. The van der Waals surface area contributed by atoms with Crippen molar-refractivity contribution in [3.05, 3.63) is 118 Å². The first-order valence-electron chi connectivity index (χ1n) is 13.9. The molecule has 0 heterocycles. The minimum Gasteiger partial charge on any atom is -0.493 e. The predicted octanol–water partition coefficient (Wildman–Crippen LogP) is 5.59. The molecule has 45 heavy (non-hydrogen) atoms. The minimum atomic E-state index is -4.34. The van der Waals surface area contributed by atoms with Gasteiger partial charge in [0.15, 0.2) is 11.5 Å². The van der Waals surface area contributed by atoms with Crippen molar-refractivity contribution in [1.82, 2.24) is 10.2 Å². The molecule has 0 aromatic heterocycles. The number of nitrogens with one attached hydrogen (secondary N) is 1. The molecule has 0 saturated carbocycles. The molecule has 12 heteroatoms. The van der Waals surface area contributed by atoms with Crippen LogP contribution in [0.25, 0.3) is 0 Å². The molecule has 0 bridgehead atoms. The molecule has 0 unspecified atom stereocenters. The summed E-state index contributed by atoms with van der Waals surface area (Å²) in [5.41, 5.74) is 1.47. The lowest BCUT2D eigenvalue weighted by molar-refractivity contribution is -0.139. The van der Waals surface area contributed by atoms with Crippen LogP contribution < -0.4 is 19.1 Å². The molecular weight excluding hydrogens is 637 g/mol. The van der Waals surface area contributed by atoms with Gasteiger partial charge in [-0.25, -0.2) is 8.42 Å². The molecule has 4 aromatic rings. The third kappa shape index (κ3) is 7.89. The lowest BCUT2D eigenvalue weighted by atomic mass is 10.0. The molecule has 2 amide bonds. The van der Waals surface area contributed by atoms with E-state index in [2.05, 4.69) is 5.32 Å². The van der Waals surface area contributed by atoms with E-state index in [1.165, 1.54) is 44.4 Å². The van der Waals surface area contributed by atoms with Crippen LogP contribution in [-0.4, -0.2) is 59.0 Å². The van der Waals surface area contributed by atoms with E-state index in [9.17, 15) is 18.0 Å². The van der Waals surface area contributed by atoms with Gasteiger partial charge in [0.1, 0.15) is 12.6 Å². The summed E-state index contributed by atoms with van der Waals surface area (Å²) >= 11 is 13.0. The molecule has 0 saturated heterocycles. The van der Waals surface area contributed by atoms with Gasteiger partial charge in [-0.2, -0.15) is 0 Å². The van der Waals surface area contributed by atoms with Gasteiger partial charge in [-0.1, -0.05) is 77.8 Å². The Labute approximate surface area is 273 Å². The molecule has 1 atom stereocenters. The fourth-order valence-corrected chi connectivity index (χ4v) is 6.75. The number of halogens is 2. The van der Waals surface area contributed by atoms with Gasteiger partial charge >= 0.3 is 0 Å². The first kappa shape index (κ1) is 33.6. The van der Waals surface area contributed by atoms with Gasteiger partial charge in [-0.3, -0.25) is 13.9 Å². The second-order valence-corrected chi connectivity index (χ2v) is 12.6. The van der Waals surface area contributed by atoms with Gasteiger partial charge in [0, 0.05) is 41.7 Å².